The van der Waals surface area contributed by atoms with Crippen LogP contribution < -0.4 is 0 Å². The van der Waals surface area contributed by atoms with Crippen molar-refractivity contribution in [2.75, 3.05) is 6.61 Å². The monoisotopic (exact) mass is 274 g/mol. The van der Waals surface area contributed by atoms with Crippen LogP contribution in [0.3, 0.4) is 0 Å². The van der Waals surface area contributed by atoms with Gasteiger partial charge in [-0.1, -0.05) is 0 Å². The first kappa shape index (κ1) is 10.5. The Morgan fingerprint density at radius 2 is 2.27 bits per heavy atom. The summed E-state index contributed by atoms with van der Waals surface area (Å²) >= 11 is 3.04. The van der Waals surface area contributed by atoms with E-state index in [1.807, 2.05) is 0 Å². The molecule has 4 nitrogen and oxygen atoms in total. The summed E-state index contributed by atoms with van der Waals surface area (Å²) in [7, 11) is 0. The quantitative estimate of drug-likeness (QED) is 0.867. The van der Waals surface area contributed by atoms with Crippen LogP contribution in [0.25, 0.3) is 5.65 Å². The van der Waals surface area contributed by atoms with E-state index in [1.54, 1.807) is 10.6 Å². The highest BCUT2D eigenvalue weighted by Gasteiger charge is 2.12. The summed E-state index contributed by atoms with van der Waals surface area (Å²) < 4.78 is 15.0. The Kier molecular flexibility index (Phi) is 2.72. The van der Waals surface area contributed by atoms with Crippen LogP contribution in [-0.4, -0.2) is 26.2 Å². The summed E-state index contributed by atoms with van der Waals surface area (Å²) in [5.74, 6) is -0.418. The number of hydrogen-bond donors (Lipinski definition) is 2. The molecule has 0 aromatic carbocycles. The van der Waals surface area contributed by atoms with Crippen molar-refractivity contribution in [1.82, 2.24) is 9.38 Å². The summed E-state index contributed by atoms with van der Waals surface area (Å²) in [6, 6.07) is 1.25. The second-order valence-corrected chi connectivity index (χ2v) is 3.95. The lowest BCUT2D eigenvalue weighted by Crippen LogP contribution is -2.02. The minimum Gasteiger partial charge on any atom is -0.393 e. The average molecular weight is 275 g/mol. The summed E-state index contributed by atoms with van der Waals surface area (Å²) in [6.07, 6.45) is 2.01. The van der Waals surface area contributed by atoms with Gasteiger partial charge in [0.2, 0.25) is 0 Å². The molecule has 0 bridgehead atoms. The largest absolute Gasteiger partial charge is 0.393 e. The summed E-state index contributed by atoms with van der Waals surface area (Å²) in [6.45, 7) is -0.409. The van der Waals surface area contributed by atoms with Crippen molar-refractivity contribution in [2.24, 2.45) is 0 Å². The van der Waals surface area contributed by atoms with Gasteiger partial charge in [0, 0.05) is 18.5 Å². The predicted octanol–water partition coefficient (Wildman–Crippen LogP) is 1.26. The van der Waals surface area contributed by atoms with Crippen LogP contribution in [0.1, 0.15) is 11.8 Å². The van der Waals surface area contributed by atoms with Gasteiger partial charge in [-0.3, -0.25) is 0 Å². The van der Waals surface area contributed by atoms with Gasteiger partial charge in [0.15, 0.2) is 0 Å². The first-order chi connectivity index (χ1) is 7.11. The van der Waals surface area contributed by atoms with E-state index in [9.17, 15) is 9.50 Å². The van der Waals surface area contributed by atoms with Gasteiger partial charge in [-0.05, 0) is 15.9 Å². The Labute approximate surface area is 93.1 Å². The first-order valence-corrected chi connectivity index (χ1v) is 5.03. The summed E-state index contributed by atoms with van der Waals surface area (Å²) in [5, 5.41) is 18.1. The zero-order valence-corrected chi connectivity index (χ0v) is 9.15. The lowest BCUT2D eigenvalue weighted by molar-refractivity contribution is 0.0927. The molecule has 0 aliphatic heterocycles. The highest BCUT2D eigenvalue weighted by molar-refractivity contribution is 9.10. The molecule has 2 heterocycles. The van der Waals surface area contributed by atoms with Crippen molar-refractivity contribution < 1.29 is 14.6 Å². The Bertz CT molecular complexity index is 461. The number of halogens is 2. The van der Waals surface area contributed by atoms with E-state index in [0.29, 0.717) is 15.8 Å². The number of aliphatic hydroxyl groups excluding tert-OH is 2. The lowest BCUT2D eigenvalue weighted by atomic mass is 10.3. The molecule has 0 aliphatic carbocycles. The molecule has 0 aliphatic rings. The maximum absolute atomic E-state index is 13.1. The molecule has 6 heteroatoms. The molecule has 2 aromatic rings. The zero-order chi connectivity index (χ0) is 11.0. The third-order valence-electron chi connectivity index (χ3n) is 2.03. The number of aliphatic hydroxyl groups is 2. The molecular weight excluding hydrogens is 267 g/mol. The van der Waals surface area contributed by atoms with E-state index in [0.717, 1.165) is 0 Å². The number of imidazole rings is 1. The standard InChI is InChI=1S/C9H8BrFN2O2/c10-5-2-13-3-7(8(15)4-14)12-9(13)1-6(5)11/h1-3,8,14-15H,4H2/t8-/m1/s1. The number of aromatic nitrogens is 2. The molecule has 0 radical (unpaired) electrons. The molecule has 2 aromatic heterocycles. The van der Waals surface area contributed by atoms with E-state index >= 15 is 0 Å². The van der Waals surface area contributed by atoms with Gasteiger partial charge in [0.05, 0.1) is 16.8 Å². The average Bonchev–Trinajstić information content (AvgIpc) is 2.60. The van der Waals surface area contributed by atoms with Gasteiger partial charge in [0.1, 0.15) is 17.6 Å². The molecule has 2 rings (SSSR count). The van der Waals surface area contributed by atoms with E-state index in [2.05, 4.69) is 20.9 Å². The van der Waals surface area contributed by atoms with Crippen molar-refractivity contribution in [3.8, 4) is 0 Å². The van der Waals surface area contributed by atoms with Crippen molar-refractivity contribution in [3.63, 3.8) is 0 Å². The van der Waals surface area contributed by atoms with Crippen LogP contribution in [0.4, 0.5) is 4.39 Å². The molecular formula is C9H8BrFN2O2. The highest BCUT2D eigenvalue weighted by atomic mass is 79.9. The molecule has 0 unspecified atom stereocenters. The topological polar surface area (TPSA) is 57.8 Å². The number of rotatable bonds is 2. The van der Waals surface area contributed by atoms with E-state index in [-0.39, 0.29) is 0 Å². The Morgan fingerprint density at radius 3 is 2.93 bits per heavy atom. The predicted molar refractivity (Wildman–Crippen MR) is 54.9 cm³/mol. The Balaban J connectivity index is 2.56. The fourth-order valence-electron chi connectivity index (χ4n) is 1.26. The van der Waals surface area contributed by atoms with Gasteiger partial charge in [0.25, 0.3) is 0 Å². The first-order valence-electron chi connectivity index (χ1n) is 4.24. The number of fused-ring (bicyclic) bond motifs is 1. The van der Waals surface area contributed by atoms with Crippen LogP contribution in [0, 0.1) is 5.82 Å². The van der Waals surface area contributed by atoms with E-state index in [4.69, 9.17) is 5.11 Å². The van der Waals surface area contributed by atoms with Gasteiger partial charge in [-0.15, -0.1) is 0 Å². The van der Waals surface area contributed by atoms with Crippen molar-refractivity contribution in [1.29, 1.82) is 0 Å². The van der Waals surface area contributed by atoms with Crippen LogP contribution in [0.15, 0.2) is 22.9 Å². The van der Waals surface area contributed by atoms with Crippen molar-refractivity contribution in [2.45, 2.75) is 6.10 Å². The fourth-order valence-corrected chi connectivity index (χ4v) is 1.59. The molecule has 1 atom stereocenters. The maximum Gasteiger partial charge on any atom is 0.142 e. The molecule has 15 heavy (non-hydrogen) atoms. The maximum atomic E-state index is 13.1. The van der Waals surface area contributed by atoms with Gasteiger partial charge in [-0.2, -0.15) is 0 Å². The van der Waals surface area contributed by atoms with Crippen molar-refractivity contribution >= 4 is 21.6 Å². The second-order valence-electron chi connectivity index (χ2n) is 3.10. The van der Waals surface area contributed by atoms with Crippen molar-refractivity contribution in [3.05, 3.63) is 34.4 Å². The molecule has 2 N–H and O–H groups in total. The highest BCUT2D eigenvalue weighted by Crippen LogP contribution is 2.19. The lowest BCUT2D eigenvalue weighted by Gasteiger charge is -1.99. The third-order valence-corrected chi connectivity index (χ3v) is 2.61. The third kappa shape index (κ3) is 1.88. The Morgan fingerprint density at radius 1 is 1.53 bits per heavy atom. The number of nitrogens with zero attached hydrogens (tertiary/aromatic N) is 2. The zero-order valence-electron chi connectivity index (χ0n) is 7.56. The normalized spacial score (nSPS) is 13.3. The molecule has 0 saturated heterocycles. The van der Waals surface area contributed by atoms with E-state index < -0.39 is 18.5 Å². The number of pyridine rings is 1. The fraction of sp³-hybridized carbons (Fsp3) is 0.222. The van der Waals surface area contributed by atoms with Crippen LogP contribution in [-0.2, 0) is 0 Å². The minimum absolute atomic E-state index is 0.315. The van der Waals surface area contributed by atoms with Gasteiger partial charge in [-0.25, -0.2) is 9.37 Å². The molecule has 0 saturated carbocycles. The van der Waals surface area contributed by atoms with Gasteiger partial charge >= 0.3 is 0 Å². The van der Waals surface area contributed by atoms with Gasteiger partial charge < -0.3 is 14.6 Å². The molecule has 0 amide bonds. The second kappa shape index (κ2) is 3.88. The summed E-state index contributed by atoms with van der Waals surface area (Å²) in [5.41, 5.74) is 0.702. The number of hydrogen-bond acceptors (Lipinski definition) is 3. The molecule has 0 spiro atoms. The van der Waals surface area contributed by atoms with E-state index in [1.165, 1.54) is 12.3 Å². The Hall–Kier alpha value is -0.980. The van der Waals surface area contributed by atoms with Crippen LogP contribution in [0.5, 0.6) is 0 Å². The molecule has 0 fully saturated rings. The SMILES string of the molecule is OC[C@@H](O)c1cn2cc(Br)c(F)cc2n1. The van der Waals surface area contributed by atoms with Crippen LogP contribution >= 0.6 is 15.9 Å². The molecule has 80 valence electrons. The minimum atomic E-state index is -1.04. The smallest absolute Gasteiger partial charge is 0.142 e. The summed E-state index contributed by atoms with van der Waals surface area (Å²) in [4.78, 5) is 3.98. The van der Waals surface area contributed by atoms with Crippen LogP contribution in [0.2, 0.25) is 0 Å².